The van der Waals surface area contributed by atoms with Crippen LogP contribution >= 0.6 is 23.8 Å². The third-order valence-corrected chi connectivity index (χ3v) is 5.55. The molecule has 1 aliphatic rings. The van der Waals surface area contributed by atoms with Crippen molar-refractivity contribution >= 4 is 29.6 Å². The van der Waals surface area contributed by atoms with Crippen molar-refractivity contribution in [3.8, 4) is 5.69 Å². The Morgan fingerprint density at radius 1 is 1.11 bits per heavy atom. The Labute approximate surface area is 167 Å². The summed E-state index contributed by atoms with van der Waals surface area (Å²) in [7, 11) is 0. The van der Waals surface area contributed by atoms with Gasteiger partial charge in [0.1, 0.15) is 5.82 Å². The fourth-order valence-electron chi connectivity index (χ4n) is 3.42. The first-order valence-electron chi connectivity index (χ1n) is 8.72. The van der Waals surface area contributed by atoms with Crippen LogP contribution in [0.15, 0.2) is 59.4 Å². The minimum absolute atomic E-state index is 0.170. The molecule has 4 rings (SSSR count). The van der Waals surface area contributed by atoms with Gasteiger partial charge in [-0.3, -0.25) is 19.2 Å². The maximum absolute atomic E-state index is 12.6. The number of nitrogens with zero attached hydrogens (tertiary/aromatic N) is 2. The first-order valence-corrected chi connectivity index (χ1v) is 9.51. The second-order valence-corrected chi connectivity index (χ2v) is 7.34. The molecular formula is C20H19ClN4OS. The summed E-state index contributed by atoms with van der Waals surface area (Å²) in [6, 6.07) is 17.9. The van der Waals surface area contributed by atoms with Gasteiger partial charge in [0.2, 0.25) is 0 Å². The number of halogens is 1. The van der Waals surface area contributed by atoms with Gasteiger partial charge in [-0.05, 0) is 36.8 Å². The first-order chi connectivity index (χ1) is 13.1. The summed E-state index contributed by atoms with van der Waals surface area (Å²) in [6.07, 6.45) is 0. The molecule has 1 aliphatic heterocycles. The van der Waals surface area contributed by atoms with Gasteiger partial charge in [0, 0.05) is 12.6 Å². The average Bonchev–Trinajstić information content (AvgIpc) is 2.69. The van der Waals surface area contributed by atoms with E-state index in [0.717, 1.165) is 5.69 Å². The van der Waals surface area contributed by atoms with E-state index >= 15 is 0 Å². The quantitative estimate of drug-likeness (QED) is 0.638. The van der Waals surface area contributed by atoms with E-state index in [2.05, 4.69) is 34.3 Å². The van der Waals surface area contributed by atoms with Gasteiger partial charge in [-0.1, -0.05) is 54.1 Å². The number of anilines is 1. The van der Waals surface area contributed by atoms with Crippen LogP contribution in [0.25, 0.3) is 5.69 Å². The fraction of sp³-hybridized carbons (Fsp3) is 0.200. The van der Waals surface area contributed by atoms with Crippen LogP contribution < -0.4 is 10.9 Å². The Hall–Kier alpha value is -2.41. The smallest absolute Gasteiger partial charge is 0.258 e. The van der Waals surface area contributed by atoms with E-state index in [4.69, 9.17) is 23.8 Å². The van der Waals surface area contributed by atoms with Crippen molar-refractivity contribution in [2.45, 2.75) is 19.5 Å². The van der Waals surface area contributed by atoms with Gasteiger partial charge in [0.05, 0.1) is 22.9 Å². The van der Waals surface area contributed by atoms with E-state index in [-0.39, 0.29) is 11.6 Å². The van der Waals surface area contributed by atoms with E-state index in [0.29, 0.717) is 34.4 Å². The van der Waals surface area contributed by atoms with Gasteiger partial charge in [-0.2, -0.15) is 0 Å². The number of nitrogens with one attached hydrogen (secondary N) is 2. The Balaban J connectivity index is 1.77. The lowest BCUT2D eigenvalue weighted by Gasteiger charge is -2.35. The van der Waals surface area contributed by atoms with Crippen LogP contribution in [0.2, 0.25) is 5.02 Å². The molecule has 138 valence electrons. The summed E-state index contributed by atoms with van der Waals surface area (Å²) in [4.78, 5) is 17.6. The van der Waals surface area contributed by atoms with Gasteiger partial charge in [0.15, 0.2) is 4.77 Å². The summed E-state index contributed by atoms with van der Waals surface area (Å²) in [5.74, 6) is 0.702. The first kappa shape index (κ1) is 18.0. The Bertz CT molecular complexity index is 1090. The van der Waals surface area contributed by atoms with Gasteiger partial charge in [0.25, 0.3) is 5.56 Å². The minimum Gasteiger partial charge on any atom is -0.358 e. The van der Waals surface area contributed by atoms with Crippen LogP contribution in [0, 0.1) is 4.77 Å². The normalized spacial score (nSPS) is 15.0. The number of H-pyrrole nitrogens is 1. The predicted octanol–water partition coefficient (Wildman–Crippen LogP) is 4.49. The number of rotatable bonds is 3. The van der Waals surface area contributed by atoms with Crippen molar-refractivity contribution < 1.29 is 0 Å². The Morgan fingerprint density at radius 2 is 1.81 bits per heavy atom. The molecule has 0 bridgehead atoms. The van der Waals surface area contributed by atoms with Crippen LogP contribution in [-0.4, -0.2) is 21.1 Å². The number of hydrogen-bond acceptors (Lipinski definition) is 4. The van der Waals surface area contributed by atoms with Crippen LogP contribution in [0.4, 0.5) is 5.82 Å². The lowest BCUT2D eigenvalue weighted by molar-refractivity contribution is 0.207. The lowest BCUT2D eigenvalue weighted by Crippen LogP contribution is -2.40. The number of aromatic amines is 1. The zero-order chi connectivity index (χ0) is 19.0. The van der Waals surface area contributed by atoms with E-state index in [1.165, 1.54) is 5.56 Å². The number of fused-ring (bicyclic) bond motifs is 1. The zero-order valence-electron chi connectivity index (χ0n) is 14.8. The molecule has 0 aliphatic carbocycles. The van der Waals surface area contributed by atoms with Crippen molar-refractivity contribution in [2.75, 3.05) is 12.0 Å². The number of benzene rings is 2. The molecule has 0 unspecified atom stereocenters. The maximum atomic E-state index is 12.6. The van der Waals surface area contributed by atoms with Gasteiger partial charge >= 0.3 is 0 Å². The molecule has 1 atom stereocenters. The van der Waals surface area contributed by atoms with Gasteiger partial charge in [-0.25, -0.2) is 0 Å². The average molecular weight is 399 g/mol. The highest BCUT2D eigenvalue weighted by Gasteiger charge is 2.26. The summed E-state index contributed by atoms with van der Waals surface area (Å²) in [5, 5.41) is 3.96. The molecule has 0 spiro atoms. The topological polar surface area (TPSA) is 53.1 Å². The number of para-hydroxylation sites is 1. The monoisotopic (exact) mass is 398 g/mol. The van der Waals surface area contributed by atoms with Crippen molar-refractivity contribution in [1.82, 2.24) is 14.5 Å². The minimum atomic E-state index is -0.171. The largest absolute Gasteiger partial charge is 0.358 e. The van der Waals surface area contributed by atoms with E-state index < -0.39 is 0 Å². The van der Waals surface area contributed by atoms with Crippen LogP contribution in [-0.2, 0) is 6.54 Å². The molecule has 0 saturated carbocycles. The second-order valence-electron chi connectivity index (χ2n) is 6.54. The predicted molar refractivity (Wildman–Crippen MR) is 111 cm³/mol. The Kier molecular flexibility index (Phi) is 4.86. The summed E-state index contributed by atoms with van der Waals surface area (Å²) < 4.78 is 2.13. The number of aromatic nitrogens is 2. The van der Waals surface area contributed by atoms with Crippen LogP contribution in [0.1, 0.15) is 24.1 Å². The maximum Gasteiger partial charge on any atom is 0.258 e. The molecule has 0 amide bonds. The molecule has 0 saturated heterocycles. The highest BCUT2D eigenvalue weighted by atomic mass is 35.5. The van der Waals surface area contributed by atoms with Crippen LogP contribution in [0.3, 0.4) is 0 Å². The lowest BCUT2D eigenvalue weighted by atomic mass is 10.1. The molecular weight excluding hydrogens is 380 g/mol. The number of hydrogen-bond donors (Lipinski definition) is 2. The second kappa shape index (κ2) is 7.31. The molecule has 2 heterocycles. The van der Waals surface area contributed by atoms with Crippen molar-refractivity contribution in [2.24, 2.45) is 0 Å². The van der Waals surface area contributed by atoms with E-state index in [9.17, 15) is 4.79 Å². The van der Waals surface area contributed by atoms with E-state index in [1.54, 1.807) is 4.57 Å². The zero-order valence-corrected chi connectivity index (χ0v) is 16.3. The standard InChI is InChI=1S/C20H19ClN4OS/c1-13(14-7-3-2-4-8-14)24-11-15-18(22-12-24)25(20(27)23-19(15)26)17-10-6-5-9-16(17)21/h2-10,13,22H,11-12H2,1H3,(H,23,26,27)/t13-/m1/s1. The molecule has 5 nitrogen and oxygen atoms in total. The highest BCUT2D eigenvalue weighted by Crippen LogP contribution is 2.30. The fourth-order valence-corrected chi connectivity index (χ4v) is 3.92. The molecule has 2 N–H and O–H groups in total. The van der Waals surface area contributed by atoms with E-state index in [1.807, 2.05) is 42.5 Å². The van der Waals surface area contributed by atoms with Crippen LogP contribution in [0.5, 0.6) is 0 Å². The molecule has 2 aromatic carbocycles. The van der Waals surface area contributed by atoms with Gasteiger partial charge in [-0.15, -0.1) is 0 Å². The molecule has 0 radical (unpaired) electrons. The van der Waals surface area contributed by atoms with Crippen molar-refractivity contribution in [3.63, 3.8) is 0 Å². The molecule has 0 fully saturated rings. The summed E-state index contributed by atoms with van der Waals surface area (Å²) >= 11 is 11.8. The molecule has 1 aromatic heterocycles. The summed E-state index contributed by atoms with van der Waals surface area (Å²) in [5.41, 5.74) is 2.43. The SMILES string of the molecule is C[C@H](c1ccccc1)N1CNc2c(c(=O)[nH]c(=S)n2-c2ccccc2Cl)C1. The molecule has 7 heteroatoms. The third kappa shape index (κ3) is 3.32. The molecule has 27 heavy (non-hydrogen) atoms. The molecule has 3 aromatic rings. The Morgan fingerprint density at radius 3 is 2.56 bits per heavy atom. The van der Waals surface area contributed by atoms with Gasteiger partial charge < -0.3 is 5.32 Å². The van der Waals surface area contributed by atoms with Crippen molar-refractivity contribution in [1.29, 1.82) is 0 Å². The van der Waals surface area contributed by atoms with Crippen molar-refractivity contribution in [3.05, 3.63) is 85.9 Å². The summed E-state index contributed by atoms with van der Waals surface area (Å²) in [6.45, 7) is 3.26. The highest BCUT2D eigenvalue weighted by molar-refractivity contribution is 7.71. The third-order valence-electron chi connectivity index (χ3n) is 4.94.